The van der Waals surface area contributed by atoms with Gasteiger partial charge in [-0.3, -0.25) is 38.4 Å². The predicted molar refractivity (Wildman–Crippen MR) is 254 cm³/mol. The normalized spacial score (nSPS) is 22.7. The van der Waals surface area contributed by atoms with E-state index in [4.69, 9.17) is 17.2 Å². The topological polar surface area (TPSA) is 423 Å². The van der Waals surface area contributed by atoms with E-state index in [1.54, 1.807) is 0 Å². The molecule has 0 spiro atoms. The minimum atomic E-state index is -1.75. The maximum atomic E-state index is 14.6. The molecule has 402 valence electrons. The monoisotopic (exact) mass is 1020 g/mol. The first-order valence-corrected chi connectivity index (χ1v) is 24.4. The third-order valence-corrected chi connectivity index (χ3v) is 13.0. The summed E-state index contributed by atoms with van der Waals surface area (Å²) in [6.07, 6.45) is -1.78. The Kier molecular flexibility index (Phi) is 22.5. The van der Waals surface area contributed by atoms with Gasteiger partial charge in [-0.25, -0.2) is 4.79 Å². The third-order valence-electron chi connectivity index (χ3n) is 13.0. The molecule has 0 unspecified atom stereocenters. The number of aliphatic hydroxyl groups excluding tert-OH is 4. The number of carbonyl (C=O) groups excluding carboxylic acids is 8. The molecule has 17 N–H and O–H groups in total. The van der Waals surface area contributed by atoms with Crippen molar-refractivity contribution < 1.29 is 73.8 Å². The Morgan fingerprint density at radius 2 is 1.25 bits per heavy atom. The van der Waals surface area contributed by atoms with Crippen molar-refractivity contribution in [1.82, 2.24) is 41.3 Å². The molecule has 3 fully saturated rings. The number of hydrogen-bond acceptors (Lipinski definition) is 17. The number of carboxylic acids is 1. The third kappa shape index (κ3) is 16.0. The molecule has 72 heavy (non-hydrogen) atoms. The summed E-state index contributed by atoms with van der Waals surface area (Å²) in [7, 11) is 0. The lowest BCUT2D eigenvalue weighted by Crippen LogP contribution is -2.61. The number of phenolic OH excluding ortho intramolecular Hbond substituents is 1. The van der Waals surface area contributed by atoms with Crippen LogP contribution < -0.4 is 43.8 Å². The summed E-state index contributed by atoms with van der Waals surface area (Å²) in [6.45, 7) is 1.59. The number of unbranched alkanes of at least 4 members (excludes halogenated alkanes) is 2. The van der Waals surface area contributed by atoms with Gasteiger partial charge in [0.25, 0.3) is 0 Å². The van der Waals surface area contributed by atoms with E-state index in [0.717, 1.165) is 16.7 Å². The fraction of sp³-hybridized carbons (Fsp3) is 0.674. The average molecular weight is 1020 g/mol. The summed E-state index contributed by atoms with van der Waals surface area (Å²) in [4.78, 5) is 125. The zero-order valence-corrected chi connectivity index (χ0v) is 40.7. The number of β-amino-alcohol motifs (C(OH)–C–C–N with tert-alkyl or cyclic N) is 2. The average Bonchev–Trinajstić information content (AvgIpc) is 4.10. The van der Waals surface area contributed by atoms with Crippen LogP contribution >= 0.6 is 0 Å². The molecule has 3 saturated heterocycles. The van der Waals surface area contributed by atoms with Crippen LogP contribution in [0.5, 0.6) is 5.75 Å². The second-order valence-electron chi connectivity index (χ2n) is 18.7. The van der Waals surface area contributed by atoms with Crippen molar-refractivity contribution in [3.8, 4) is 5.75 Å². The molecule has 0 bridgehead atoms. The Morgan fingerprint density at radius 3 is 1.85 bits per heavy atom. The van der Waals surface area contributed by atoms with Gasteiger partial charge >= 0.3 is 5.97 Å². The van der Waals surface area contributed by atoms with Gasteiger partial charge in [0.05, 0.1) is 31.0 Å². The number of benzene rings is 1. The van der Waals surface area contributed by atoms with Crippen LogP contribution in [-0.2, 0) is 49.6 Å². The Labute approximate surface area is 416 Å². The highest BCUT2D eigenvalue weighted by molar-refractivity contribution is 5.98. The molecule has 26 nitrogen and oxygen atoms in total. The first kappa shape index (κ1) is 58.5. The molecule has 0 saturated carbocycles. The number of phenols is 1. The maximum Gasteiger partial charge on any atom is 0.328 e. The number of nitrogens with two attached hydrogens (primary N) is 3. The number of nitrogens with zero attached hydrogens (tertiary/aromatic N) is 3. The number of nitrogens with one attached hydrogen (secondary N) is 5. The van der Waals surface area contributed by atoms with E-state index in [-0.39, 0.29) is 44.4 Å². The molecular weight excluding hydrogens is 947 g/mol. The van der Waals surface area contributed by atoms with Crippen LogP contribution in [0.15, 0.2) is 24.3 Å². The maximum absolute atomic E-state index is 14.6. The SMILES string of the molecule is C[C@H](NC(=O)[C@@H](N)CCCCN)C(=O)N[C@@H](CCCCN)C(=O)N1CCC[C@H]1C(=O)N[C@@H](CO)C(=O)N[C@@H](Cc1ccc(O)cc1)C(=O)N1C[C@H](O)C[C@H]1C(=O)N1C[C@H](O)C[C@H]1C(=O)N[C@H](C(=O)O)[C@@H](C)O. The van der Waals surface area contributed by atoms with Gasteiger partial charge in [0.15, 0.2) is 6.04 Å². The van der Waals surface area contributed by atoms with E-state index in [2.05, 4.69) is 26.6 Å². The molecule has 1 aromatic rings. The molecule has 3 heterocycles. The van der Waals surface area contributed by atoms with Crippen molar-refractivity contribution in [2.24, 2.45) is 17.2 Å². The van der Waals surface area contributed by atoms with E-state index in [9.17, 15) is 73.8 Å². The number of amides is 8. The number of aliphatic carboxylic acids is 1. The Hall–Kier alpha value is -6.03. The summed E-state index contributed by atoms with van der Waals surface area (Å²) in [5.41, 5.74) is 17.6. The summed E-state index contributed by atoms with van der Waals surface area (Å²) < 4.78 is 0. The van der Waals surface area contributed by atoms with Gasteiger partial charge in [-0.1, -0.05) is 18.6 Å². The van der Waals surface area contributed by atoms with Gasteiger partial charge in [0.2, 0.25) is 47.3 Å². The minimum Gasteiger partial charge on any atom is -0.508 e. The molecule has 12 atom stereocenters. The smallest absolute Gasteiger partial charge is 0.328 e. The molecule has 0 radical (unpaired) electrons. The number of carboxylic acid groups (broad SMARTS) is 1. The number of aliphatic hydroxyl groups is 4. The second kappa shape index (κ2) is 27.7. The van der Waals surface area contributed by atoms with Crippen molar-refractivity contribution in [2.75, 3.05) is 39.3 Å². The summed E-state index contributed by atoms with van der Waals surface area (Å²) in [5.74, 6) is -8.22. The fourth-order valence-corrected chi connectivity index (χ4v) is 9.01. The van der Waals surface area contributed by atoms with Crippen LogP contribution in [0.4, 0.5) is 0 Å². The number of aromatic hydroxyl groups is 1. The lowest BCUT2D eigenvalue weighted by Gasteiger charge is -2.33. The predicted octanol–water partition coefficient (Wildman–Crippen LogP) is -5.66. The molecule has 3 aliphatic rings. The van der Waals surface area contributed by atoms with Gasteiger partial charge in [-0.05, 0) is 89.6 Å². The van der Waals surface area contributed by atoms with Gasteiger partial charge in [0, 0.05) is 38.9 Å². The van der Waals surface area contributed by atoms with E-state index in [1.807, 2.05) is 0 Å². The molecule has 1 aromatic carbocycles. The first-order chi connectivity index (χ1) is 34.1. The first-order valence-electron chi connectivity index (χ1n) is 24.4. The summed E-state index contributed by atoms with van der Waals surface area (Å²) in [5, 5.41) is 73.6. The zero-order valence-electron chi connectivity index (χ0n) is 40.7. The van der Waals surface area contributed by atoms with Crippen molar-refractivity contribution in [3.05, 3.63) is 29.8 Å². The van der Waals surface area contributed by atoms with Crippen LogP contribution in [-0.4, -0.2) is 211 Å². The van der Waals surface area contributed by atoms with Crippen LogP contribution in [0.25, 0.3) is 0 Å². The quantitative estimate of drug-likeness (QED) is 0.0385. The van der Waals surface area contributed by atoms with Crippen LogP contribution in [0, 0.1) is 0 Å². The molecule has 0 aliphatic carbocycles. The second-order valence-corrected chi connectivity index (χ2v) is 18.7. The highest BCUT2D eigenvalue weighted by atomic mass is 16.4. The van der Waals surface area contributed by atoms with Crippen molar-refractivity contribution in [2.45, 2.75) is 157 Å². The van der Waals surface area contributed by atoms with Crippen LogP contribution in [0.1, 0.15) is 83.6 Å². The Balaban J connectivity index is 1.51. The van der Waals surface area contributed by atoms with Gasteiger partial charge in [-0.2, -0.15) is 0 Å². The Bertz CT molecular complexity index is 2070. The van der Waals surface area contributed by atoms with E-state index < -0.39 is 146 Å². The molecule has 0 aromatic heterocycles. The van der Waals surface area contributed by atoms with Gasteiger partial charge < -0.3 is 89.1 Å². The molecule has 4 rings (SSSR count). The number of likely N-dealkylation sites (tertiary alicyclic amines) is 3. The summed E-state index contributed by atoms with van der Waals surface area (Å²) in [6, 6.07) is -6.63. The largest absolute Gasteiger partial charge is 0.508 e. The minimum absolute atomic E-state index is 0.0947. The fourth-order valence-electron chi connectivity index (χ4n) is 9.01. The lowest BCUT2D eigenvalue weighted by molar-refractivity contribution is -0.149. The van der Waals surface area contributed by atoms with Crippen molar-refractivity contribution in [1.29, 1.82) is 0 Å². The van der Waals surface area contributed by atoms with Gasteiger partial charge in [-0.15, -0.1) is 0 Å². The van der Waals surface area contributed by atoms with E-state index in [0.29, 0.717) is 57.2 Å². The molecule has 26 heteroatoms. The van der Waals surface area contributed by atoms with Crippen LogP contribution in [0.3, 0.4) is 0 Å². The number of rotatable bonds is 26. The molecular formula is C46H73N11O15. The van der Waals surface area contributed by atoms with Crippen LogP contribution in [0.2, 0.25) is 0 Å². The van der Waals surface area contributed by atoms with Crippen molar-refractivity contribution >= 4 is 53.2 Å². The van der Waals surface area contributed by atoms with E-state index in [1.165, 1.54) is 36.1 Å². The lowest BCUT2D eigenvalue weighted by atomic mass is 10.0. The van der Waals surface area contributed by atoms with E-state index >= 15 is 0 Å². The Morgan fingerprint density at radius 1 is 0.681 bits per heavy atom. The number of carbonyl (C=O) groups is 9. The summed E-state index contributed by atoms with van der Waals surface area (Å²) >= 11 is 0. The highest BCUT2D eigenvalue weighted by Gasteiger charge is 2.49. The highest BCUT2D eigenvalue weighted by Crippen LogP contribution is 2.27. The number of hydrogen-bond donors (Lipinski definition) is 14. The zero-order chi connectivity index (χ0) is 53.4. The molecule has 8 amide bonds. The molecule has 3 aliphatic heterocycles. The van der Waals surface area contributed by atoms with Crippen molar-refractivity contribution in [3.63, 3.8) is 0 Å². The van der Waals surface area contributed by atoms with Gasteiger partial charge in [0.1, 0.15) is 48.0 Å². The standard InChI is InChI=1S/C46H73N11O15/c1-24(50-39(64)30(49)8-3-5-15-47)38(63)51-31(9-4-6-16-48)43(68)55-17-7-10-34(55)41(66)53-33(23-58)40(65)52-32(18-26-11-13-27(60)14-12-26)44(69)57-22-29(62)20-36(57)45(70)56-21-28(61)19-35(56)42(67)54-37(25(2)59)46(71)72/h11-14,24-25,28-37,58-62H,3-10,15-23,47-49H2,1-2H3,(H,50,64)(H,51,63)(H,52,65)(H,53,66)(H,54,67)(H,71,72)/t24-,25+,28+,29+,30-,31-,32-,33-,34-,35-,36-,37-/m0/s1.